The summed E-state index contributed by atoms with van der Waals surface area (Å²) in [5, 5.41) is 4.99. The monoisotopic (exact) mass is 397 g/mol. The third-order valence-corrected chi connectivity index (χ3v) is 4.18. The topological polar surface area (TPSA) is 46.9 Å². The Morgan fingerprint density at radius 3 is 2.31 bits per heavy atom. The number of hydrogen-bond acceptors (Lipinski definition) is 2. The second kappa shape index (κ2) is 6.82. The minimum atomic E-state index is -2.98. The molecular formula is C15H10ClF6N3O. The van der Waals surface area contributed by atoms with Crippen LogP contribution in [0, 0.1) is 23.3 Å². The van der Waals surface area contributed by atoms with Gasteiger partial charge in [0.05, 0.1) is 10.7 Å². The average molecular weight is 398 g/mol. The Morgan fingerprint density at radius 1 is 1.23 bits per heavy atom. The van der Waals surface area contributed by atoms with Gasteiger partial charge in [0, 0.05) is 12.0 Å². The molecule has 1 amide bonds. The van der Waals surface area contributed by atoms with Crippen LogP contribution in [0.25, 0.3) is 0 Å². The van der Waals surface area contributed by atoms with Gasteiger partial charge >= 0.3 is 0 Å². The molecule has 1 N–H and O–H groups in total. The van der Waals surface area contributed by atoms with Gasteiger partial charge in [0.2, 0.25) is 5.91 Å². The molecule has 0 radical (unpaired) electrons. The summed E-state index contributed by atoms with van der Waals surface area (Å²) in [6.45, 7) is -0.713. The minimum Gasteiger partial charge on any atom is -0.319 e. The van der Waals surface area contributed by atoms with Crippen molar-refractivity contribution >= 4 is 23.2 Å². The van der Waals surface area contributed by atoms with Crippen LogP contribution in [0.1, 0.15) is 36.6 Å². The van der Waals surface area contributed by atoms with E-state index in [0.29, 0.717) is 12.8 Å². The summed E-state index contributed by atoms with van der Waals surface area (Å²) in [6, 6.07) is -0.00624. The first-order chi connectivity index (χ1) is 12.2. The molecule has 4 nitrogen and oxygen atoms in total. The maximum Gasteiger partial charge on any atom is 0.283 e. The molecule has 0 spiro atoms. The predicted molar refractivity (Wildman–Crippen MR) is 79.1 cm³/mol. The fourth-order valence-electron chi connectivity index (χ4n) is 2.48. The van der Waals surface area contributed by atoms with E-state index in [1.807, 2.05) is 0 Å². The van der Waals surface area contributed by atoms with Crippen molar-refractivity contribution in [3.63, 3.8) is 0 Å². The van der Waals surface area contributed by atoms with Crippen molar-refractivity contribution < 1.29 is 31.1 Å². The summed E-state index contributed by atoms with van der Waals surface area (Å²) in [5.74, 6) is -8.23. The SMILES string of the molecule is O=C(Cn1nc(C(F)F)c(Cl)c1C1CC1)Nc1c(F)c(F)cc(F)c1F. The first kappa shape index (κ1) is 18.6. The molecule has 1 fully saturated rings. The number of hydrogen-bond donors (Lipinski definition) is 1. The van der Waals surface area contributed by atoms with E-state index in [4.69, 9.17) is 11.6 Å². The fraction of sp³-hybridized carbons (Fsp3) is 0.333. The number of halogens is 7. The van der Waals surface area contributed by atoms with Crippen LogP contribution in [0.3, 0.4) is 0 Å². The Morgan fingerprint density at radius 2 is 1.81 bits per heavy atom. The van der Waals surface area contributed by atoms with Gasteiger partial charge in [-0.2, -0.15) is 5.10 Å². The number of alkyl halides is 2. The smallest absolute Gasteiger partial charge is 0.283 e. The highest BCUT2D eigenvalue weighted by atomic mass is 35.5. The summed E-state index contributed by atoms with van der Waals surface area (Å²) < 4.78 is 80.3. The fourth-order valence-corrected chi connectivity index (χ4v) is 2.85. The van der Waals surface area contributed by atoms with E-state index in [-0.39, 0.29) is 22.7 Å². The lowest BCUT2D eigenvalue weighted by molar-refractivity contribution is -0.117. The molecule has 0 atom stereocenters. The lowest BCUT2D eigenvalue weighted by Gasteiger charge is -2.10. The number of anilines is 1. The molecule has 1 heterocycles. The molecule has 140 valence electrons. The molecule has 3 rings (SSSR count). The molecule has 2 aromatic rings. The van der Waals surface area contributed by atoms with E-state index in [9.17, 15) is 31.1 Å². The van der Waals surface area contributed by atoms with Crippen LogP contribution in [0.2, 0.25) is 5.02 Å². The van der Waals surface area contributed by atoms with Gasteiger partial charge in [0.1, 0.15) is 17.9 Å². The molecule has 0 unspecified atom stereocenters. The molecule has 1 aromatic carbocycles. The lowest BCUT2D eigenvalue weighted by Crippen LogP contribution is -2.22. The number of amides is 1. The van der Waals surface area contributed by atoms with Gasteiger partial charge in [0.25, 0.3) is 6.43 Å². The maximum absolute atomic E-state index is 13.6. The standard InChI is InChI=1S/C15H10ClF6N3O/c16-9-12(15(21)22)24-25(14(9)5-1-2-5)4-8(26)23-13-10(19)6(17)3-7(18)11(13)20/h3,5,15H,1-2,4H2,(H,23,26). The molecule has 1 aliphatic carbocycles. The highest BCUT2D eigenvalue weighted by Crippen LogP contribution is 2.45. The normalized spacial score (nSPS) is 14.2. The van der Waals surface area contributed by atoms with Gasteiger partial charge < -0.3 is 5.32 Å². The van der Waals surface area contributed by atoms with Crippen molar-refractivity contribution in [3.05, 3.63) is 45.7 Å². The van der Waals surface area contributed by atoms with Gasteiger partial charge in [-0.15, -0.1) is 0 Å². The van der Waals surface area contributed by atoms with E-state index in [0.717, 1.165) is 4.68 Å². The van der Waals surface area contributed by atoms with E-state index >= 15 is 0 Å². The molecule has 0 aliphatic heterocycles. The van der Waals surface area contributed by atoms with Crippen LogP contribution in [-0.2, 0) is 11.3 Å². The van der Waals surface area contributed by atoms with Crippen LogP contribution in [0.4, 0.5) is 32.0 Å². The summed E-state index contributed by atoms with van der Waals surface area (Å²) in [5.41, 5.74) is -1.81. The molecule has 11 heteroatoms. The quantitative estimate of drug-likeness (QED) is 0.594. The largest absolute Gasteiger partial charge is 0.319 e. The average Bonchev–Trinajstić information content (AvgIpc) is 3.34. The van der Waals surface area contributed by atoms with E-state index in [2.05, 4.69) is 5.10 Å². The Bertz CT molecular complexity index is 855. The molecule has 0 bridgehead atoms. The zero-order valence-corrected chi connectivity index (χ0v) is 13.6. The van der Waals surface area contributed by atoms with Gasteiger partial charge in [-0.25, -0.2) is 26.3 Å². The van der Waals surface area contributed by atoms with Crippen LogP contribution >= 0.6 is 11.6 Å². The van der Waals surface area contributed by atoms with Crippen molar-refractivity contribution in [3.8, 4) is 0 Å². The Kier molecular flexibility index (Phi) is 4.87. The van der Waals surface area contributed by atoms with Crippen LogP contribution < -0.4 is 5.32 Å². The Labute approximate surface area is 147 Å². The Balaban J connectivity index is 1.87. The highest BCUT2D eigenvalue weighted by Gasteiger charge is 2.34. The molecular weight excluding hydrogens is 388 g/mol. The number of benzene rings is 1. The first-order valence-electron chi connectivity index (χ1n) is 7.37. The van der Waals surface area contributed by atoms with Gasteiger partial charge in [-0.1, -0.05) is 11.6 Å². The number of rotatable bonds is 5. The molecule has 1 saturated carbocycles. The second-order valence-corrected chi connectivity index (χ2v) is 6.09. The van der Waals surface area contributed by atoms with E-state index < -0.39 is 53.5 Å². The van der Waals surface area contributed by atoms with Gasteiger partial charge in [-0.05, 0) is 12.8 Å². The Hall–Kier alpha value is -2.23. The third kappa shape index (κ3) is 3.37. The summed E-state index contributed by atoms with van der Waals surface area (Å²) in [6.07, 6.45) is -1.65. The van der Waals surface area contributed by atoms with Crippen LogP contribution in [0.5, 0.6) is 0 Å². The first-order valence-corrected chi connectivity index (χ1v) is 7.75. The minimum absolute atomic E-state index is 0.00624. The molecule has 26 heavy (non-hydrogen) atoms. The van der Waals surface area contributed by atoms with Gasteiger partial charge in [0.15, 0.2) is 23.3 Å². The van der Waals surface area contributed by atoms with Crippen molar-refractivity contribution in [2.24, 2.45) is 0 Å². The van der Waals surface area contributed by atoms with Crippen molar-refractivity contribution in [1.29, 1.82) is 0 Å². The molecule has 0 saturated heterocycles. The van der Waals surface area contributed by atoms with Crippen molar-refractivity contribution in [2.45, 2.75) is 31.7 Å². The molecule has 1 aliphatic rings. The third-order valence-electron chi connectivity index (χ3n) is 3.80. The maximum atomic E-state index is 13.6. The summed E-state index contributed by atoms with van der Waals surface area (Å²) >= 11 is 5.88. The zero-order valence-electron chi connectivity index (χ0n) is 12.8. The number of aromatic nitrogens is 2. The number of nitrogens with one attached hydrogen (secondary N) is 1. The number of nitrogens with zero attached hydrogens (tertiary/aromatic N) is 2. The summed E-state index contributed by atoms with van der Waals surface area (Å²) in [4.78, 5) is 12.0. The number of carbonyl (C=O) groups excluding carboxylic acids is 1. The highest BCUT2D eigenvalue weighted by molar-refractivity contribution is 6.32. The van der Waals surface area contributed by atoms with Crippen LogP contribution in [0.15, 0.2) is 6.07 Å². The predicted octanol–water partition coefficient (Wildman–Crippen LogP) is 4.55. The summed E-state index contributed by atoms with van der Waals surface area (Å²) in [7, 11) is 0. The number of carbonyl (C=O) groups is 1. The lowest BCUT2D eigenvalue weighted by atomic mass is 10.2. The zero-order chi connectivity index (χ0) is 19.2. The van der Waals surface area contributed by atoms with Crippen molar-refractivity contribution in [1.82, 2.24) is 9.78 Å². The van der Waals surface area contributed by atoms with E-state index in [1.54, 1.807) is 5.32 Å². The second-order valence-electron chi connectivity index (χ2n) is 5.71. The van der Waals surface area contributed by atoms with E-state index in [1.165, 1.54) is 0 Å². The van der Waals surface area contributed by atoms with Gasteiger partial charge in [-0.3, -0.25) is 9.48 Å². The molecule has 1 aromatic heterocycles. The van der Waals surface area contributed by atoms with Crippen LogP contribution in [-0.4, -0.2) is 15.7 Å². The van der Waals surface area contributed by atoms with Crippen molar-refractivity contribution in [2.75, 3.05) is 5.32 Å².